The van der Waals surface area contributed by atoms with Gasteiger partial charge < -0.3 is 5.73 Å². The molecular formula is C38H40N4. The zero-order valence-electron chi connectivity index (χ0n) is 25.0. The lowest BCUT2D eigenvalue weighted by atomic mass is 9.86. The van der Waals surface area contributed by atoms with Gasteiger partial charge in [0.1, 0.15) is 0 Å². The van der Waals surface area contributed by atoms with E-state index in [0.29, 0.717) is 6.04 Å². The van der Waals surface area contributed by atoms with Crippen LogP contribution in [-0.4, -0.2) is 28.0 Å². The fraction of sp³-hybridized carbons (Fsp3) is 0.263. The Morgan fingerprint density at radius 2 is 1.29 bits per heavy atom. The smallest absolute Gasteiger partial charge is 0.0710 e. The molecule has 0 unspecified atom stereocenters. The second-order valence-electron chi connectivity index (χ2n) is 11.7. The van der Waals surface area contributed by atoms with Gasteiger partial charge in [0.15, 0.2) is 0 Å². The van der Waals surface area contributed by atoms with E-state index in [9.17, 15) is 0 Å². The average molecular weight is 553 g/mol. The molecule has 0 atom stereocenters. The molecule has 42 heavy (non-hydrogen) atoms. The zero-order chi connectivity index (χ0) is 29.1. The molecule has 212 valence electrons. The normalized spacial score (nSPS) is 13.9. The van der Waals surface area contributed by atoms with Gasteiger partial charge in [0, 0.05) is 47.4 Å². The van der Waals surface area contributed by atoms with Gasteiger partial charge in [-0.2, -0.15) is 0 Å². The monoisotopic (exact) mass is 552 g/mol. The van der Waals surface area contributed by atoms with E-state index >= 15 is 0 Å². The van der Waals surface area contributed by atoms with Crippen LogP contribution in [0.3, 0.4) is 0 Å². The number of hydrogen-bond donors (Lipinski definition) is 1. The third kappa shape index (κ3) is 5.60. The highest BCUT2D eigenvalue weighted by atomic mass is 15.1. The van der Waals surface area contributed by atoms with Crippen molar-refractivity contribution in [1.29, 1.82) is 0 Å². The molecule has 2 N–H and O–H groups in total. The Morgan fingerprint density at radius 3 is 1.88 bits per heavy atom. The first-order valence-electron chi connectivity index (χ1n) is 15.2. The van der Waals surface area contributed by atoms with E-state index in [1.54, 1.807) is 0 Å². The van der Waals surface area contributed by atoms with Crippen LogP contribution >= 0.6 is 0 Å². The molecule has 0 radical (unpaired) electrons. The summed E-state index contributed by atoms with van der Waals surface area (Å²) in [6.45, 7) is 5.14. The van der Waals surface area contributed by atoms with Crippen LogP contribution < -0.4 is 5.73 Å². The van der Waals surface area contributed by atoms with Gasteiger partial charge in [-0.1, -0.05) is 67.8 Å². The molecule has 3 aromatic carbocycles. The Labute approximate surface area is 250 Å². The lowest BCUT2D eigenvalue weighted by molar-refractivity contribution is 0.185. The van der Waals surface area contributed by atoms with E-state index < -0.39 is 0 Å². The summed E-state index contributed by atoms with van der Waals surface area (Å²) in [5.74, 6) is 0. The molecule has 5 aromatic rings. The van der Waals surface area contributed by atoms with E-state index in [2.05, 4.69) is 98.6 Å². The molecule has 2 aromatic heterocycles. The van der Waals surface area contributed by atoms with Crippen LogP contribution in [0.2, 0.25) is 0 Å². The van der Waals surface area contributed by atoms with Crippen LogP contribution in [-0.2, 0) is 6.54 Å². The molecule has 1 fully saturated rings. The highest BCUT2D eigenvalue weighted by Gasteiger charge is 2.22. The average Bonchev–Trinajstić information content (AvgIpc) is 3.03. The van der Waals surface area contributed by atoms with Crippen molar-refractivity contribution in [2.45, 2.75) is 58.5 Å². The largest absolute Gasteiger partial charge is 0.398 e. The number of benzene rings is 3. The van der Waals surface area contributed by atoms with E-state index in [1.807, 2.05) is 24.5 Å². The second kappa shape index (κ2) is 12.3. The fourth-order valence-electron chi connectivity index (χ4n) is 6.64. The van der Waals surface area contributed by atoms with E-state index in [1.165, 1.54) is 48.8 Å². The summed E-state index contributed by atoms with van der Waals surface area (Å²) >= 11 is 0. The second-order valence-corrected chi connectivity index (χ2v) is 11.7. The minimum atomic E-state index is 0.594. The zero-order valence-corrected chi connectivity index (χ0v) is 25.0. The van der Waals surface area contributed by atoms with Crippen molar-refractivity contribution in [3.8, 4) is 44.8 Å². The van der Waals surface area contributed by atoms with Gasteiger partial charge in [0.05, 0.1) is 11.4 Å². The summed E-state index contributed by atoms with van der Waals surface area (Å²) in [5, 5.41) is 0. The molecule has 0 saturated heterocycles. The predicted molar refractivity (Wildman–Crippen MR) is 176 cm³/mol. The molecule has 1 aliphatic carbocycles. The number of aromatic nitrogens is 2. The van der Waals surface area contributed by atoms with E-state index in [-0.39, 0.29) is 0 Å². The summed E-state index contributed by atoms with van der Waals surface area (Å²) in [6.07, 6.45) is 10.2. The van der Waals surface area contributed by atoms with Crippen molar-refractivity contribution >= 4 is 5.69 Å². The van der Waals surface area contributed by atoms with Gasteiger partial charge in [0.25, 0.3) is 0 Å². The lowest BCUT2D eigenvalue weighted by Crippen LogP contribution is -2.33. The number of nitrogens with two attached hydrogens (primary N) is 1. The molecule has 1 aliphatic rings. The quantitative estimate of drug-likeness (QED) is 0.205. The molecular weight excluding hydrogens is 512 g/mol. The van der Waals surface area contributed by atoms with Gasteiger partial charge in [-0.3, -0.25) is 14.9 Å². The predicted octanol–water partition coefficient (Wildman–Crippen LogP) is 9.11. The Morgan fingerprint density at radius 1 is 0.690 bits per heavy atom. The van der Waals surface area contributed by atoms with Crippen molar-refractivity contribution in [2.24, 2.45) is 0 Å². The maximum Gasteiger partial charge on any atom is 0.0710 e. The molecule has 4 nitrogen and oxygen atoms in total. The Balaban J connectivity index is 1.57. The lowest BCUT2D eigenvalue weighted by Gasteiger charge is -2.32. The van der Waals surface area contributed by atoms with Crippen molar-refractivity contribution in [3.63, 3.8) is 0 Å². The fourth-order valence-corrected chi connectivity index (χ4v) is 6.64. The maximum absolute atomic E-state index is 7.16. The Bertz CT molecular complexity index is 1670. The molecule has 2 heterocycles. The van der Waals surface area contributed by atoms with Crippen molar-refractivity contribution in [2.75, 3.05) is 12.8 Å². The number of hydrogen-bond acceptors (Lipinski definition) is 4. The van der Waals surface area contributed by atoms with Gasteiger partial charge in [-0.15, -0.1) is 0 Å². The standard InChI is InChI=1S/C38H40N4/c1-26-13-11-17-31(36(26)34-19-7-9-21-40-34)28-23-29(25-42(3)30-15-5-4-6-16-30)38(39)33(24-28)32-18-12-14-27(2)37(32)35-20-8-10-22-41-35/h7-14,17-24,30H,4-6,15-16,25,39H2,1-3H3. The molecule has 0 aliphatic heterocycles. The first kappa shape index (κ1) is 27.9. The summed E-state index contributed by atoms with van der Waals surface area (Å²) in [5.41, 5.74) is 20.3. The van der Waals surface area contributed by atoms with Crippen LogP contribution in [0.5, 0.6) is 0 Å². The van der Waals surface area contributed by atoms with Gasteiger partial charge in [-0.05, 0) is 104 Å². The van der Waals surface area contributed by atoms with Gasteiger partial charge in [0.2, 0.25) is 0 Å². The minimum absolute atomic E-state index is 0.594. The number of nitrogens with zero attached hydrogens (tertiary/aromatic N) is 3. The van der Waals surface area contributed by atoms with Crippen LogP contribution in [0.4, 0.5) is 5.69 Å². The highest BCUT2D eigenvalue weighted by Crippen LogP contribution is 2.43. The van der Waals surface area contributed by atoms with E-state index in [0.717, 1.165) is 57.0 Å². The van der Waals surface area contributed by atoms with Crippen LogP contribution in [0.25, 0.3) is 44.8 Å². The molecule has 0 spiro atoms. The topological polar surface area (TPSA) is 55.0 Å². The highest BCUT2D eigenvalue weighted by molar-refractivity contribution is 5.94. The first-order chi connectivity index (χ1) is 20.5. The summed E-state index contributed by atoms with van der Waals surface area (Å²) in [4.78, 5) is 12.0. The third-order valence-electron chi connectivity index (χ3n) is 8.87. The number of rotatable bonds is 7. The third-order valence-corrected chi connectivity index (χ3v) is 8.87. The molecule has 4 heteroatoms. The van der Waals surface area contributed by atoms with Crippen LogP contribution in [0.15, 0.2) is 97.3 Å². The summed E-state index contributed by atoms with van der Waals surface area (Å²) in [6, 6.07) is 30.4. The number of aryl methyl sites for hydroxylation is 2. The van der Waals surface area contributed by atoms with Gasteiger partial charge >= 0.3 is 0 Å². The van der Waals surface area contributed by atoms with Crippen LogP contribution in [0, 0.1) is 13.8 Å². The number of nitrogen functional groups attached to an aromatic ring is 1. The van der Waals surface area contributed by atoms with Crippen molar-refractivity contribution < 1.29 is 0 Å². The van der Waals surface area contributed by atoms with E-state index in [4.69, 9.17) is 15.7 Å². The molecule has 0 bridgehead atoms. The number of pyridine rings is 2. The van der Waals surface area contributed by atoms with Crippen LogP contribution in [0.1, 0.15) is 48.8 Å². The Hall–Kier alpha value is -4.28. The first-order valence-corrected chi connectivity index (χ1v) is 15.2. The minimum Gasteiger partial charge on any atom is -0.398 e. The summed E-state index contributed by atoms with van der Waals surface area (Å²) in [7, 11) is 2.26. The Kier molecular flexibility index (Phi) is 8.16. The van der Waals surface area contributed by atoms with Gasteiger partial charge in [-0.25, -0.2) is 0 Å². The number of anilines is 1. The SMILES string of the molecule is Cc1cccc(-c2cc(CN(C)C3CCCCC3)c(N)c(-c3cccc(C)c3-c3ccccn3)c2)c1-c1ccccn1. The molecule has 0 amide bonds. The maximum atomic E-state index is 7.16. The molecule has 1 saturated carbocycles. The molecule has 6 rings (SSSR count). The van der Waals surface area contributed by atoms with Crippen molar-refractivity contribution in [3.05, 3.63) is 114 Å². The van der Waals surface area contributed by atoms with Crippen molar-refractivity contribution in [1.82, 2.24) is 14.9 Å². The summed E-state index contributed by atoms with van der Waals surface area (Å²) < 4.78 is 0.